The monoisotopic (exact) mass is 286 g/mol. The van der Waals surface area contributed by atoms with Gasteiger partial charge in [-0.1, -0.05) is 11.6 Å². The number of nitrogens with zero attached hydrogens (tertiary/aromatic N) is 2. The van der Waals surface area contributed by atoms with Crippen molar-refractivity contribution in [1.29, 1.82) is 0 Å². The number of nitrogens with one attached hydrogen (secondary N) is 2. The first kappa shape index (κ1) is 15.0. The Morgan fingerprint density at radius 2 is 2.05 bits per heavy atom. The number of rotatable bonds is 5. The van der Waals surface area contributed by atoms with Gasteiger partial charge in [-0.15, -0.1) is 0 Å². The first-order valence-corrected chi connectivity index (χ1v) is 5.88. The summed E-state index contributed by atoms with van der Waals surface area (Å²) in [7, 11) is 3.28. The fourth-order valence-corrected chi connectivity index (χ4v) is 1.39. The molecule has 0 atom stereocenters. The molecule has 7 nitrogen and oxygen atoms in total. The summed E-state index contributed by atoms with van der Waals surface area (Å²) in [6.07, 6.45) is 0. The summed E-state index contributed by atoms with van der Waals surface area (Å²) in [4.78, 5) is 27.3. The predicted molar refractivity (Wildman–Crippen MR) is 71.8 cm³/mol. The van der Waals surface area contributed by atoms with Crippen LogP contribution >= 0.6 is 11.6 Å². The topological polar surface area (TPSA) is 94.6 Å². The molecular formula is C11H15ClN4O3. The third kappa shape index (κ3) is 4.63. The Balaban J connectivity index is 2.48. The molecule has 0 fully saturated rings. The number of carboxylic acids is 1. The molecule has 0 unspecified atom stereocenters. The molecule has 0 aliphatic rings. The van der Waals surface area contributed by atoms with E-state index in [0.29, 0.717) is 18.9 Å². The summed E-state index contributed by atoms with van der Waals surface area (Å²) >= 11 is 5.70. The lowest BCUT2D eigenvalue weighted by molar-refractivity contribution is 0.0691. The Labute approximate surface area is 115 Å². The summed E-state index contributed by atoms with van der Waals surface area (Å²) in [5.74, 6) is -0.796. The van der Waals surface area contributed by atoms with Gasteiger partial charge in [-0.3, -0.25) is 0 Å². The fourth-order valence-electron chi connectivity index (χ4n) is 1.21. The predicted octanol–water partition coefficient (Wildman–Crippen LogP) is 1.12. The van der Waals surface area contributed by atoms with E-state index >= 15 is 0 Å². The van der Waals surface area contributed by atoms with Crippen LogP contribution < -0.4 is 10.6 Å². The summed E-state index contributed by atoms with van der Waals surface area (Å²) in [6, 6.07) is 2.83. The second-order valence-corrected chi connectivity index (χ2v) is 4.29. The molecule has 0 spiro atoms. The van der Waals surface area contributed by atoms with Crippen LogP contribution in [0.15, 0.2) is 12.1 Å². The number of carbonyl (C=O) groups excluding carboxylic acids is 1. The minimum Gasteiger partial charge on any atom is -0.476 e. The molecule has 2 amide bonds. The van der Waals surface area contributed by atoms with E-state index in [9.17, 15) is 9.59 Å². The zero-order chi connectivity index (χ0) is 14.4. The number of amides is 2. The average Bonchev–Trinajstić information content (AvgIpc) is 2.35. The molecule has 1 aromatic heterocycles. The molecule has 0 aliphatic heterocycles. The lowest BCUT2D eigenvalue weighted by Gasteiger charge is -2.12. The minimum absolute atomic E-state index is 0.0824. The van der Waals surface area contributed by atoms with Crippen LogP contribution in [0, 0.1) is 0 Å². The number of halogens is 1. The van der Waals surface area contributed by atoms with Crippen LogP contribution in [0.25, 0.3) is 0 Å². The molecule has 1 aromatic rings. The summed E-state index contributed by atoms with van der Waals surface area (Å²) in [5.41, 5.74) is -0.205. The number of aromatic carboxylic acids is 1. The highest BCUT2D eigenvalue weighted by atomic mass is 35.5. The molecule has 0 radical (unpaired) electrons. The number of hydrogen-bond donors (Lipinski definition) is 3. The molecule has 8 heteroatoms. The second kappa shape index (κ2) is 6.79. The SMILES string of the molecule is CN(C)C(=O)NCCNc1ccc(Cl)c(C(=O)O)n1. The fraction of sp³-hybridized carbons (Fsp3) is 0.364. The van der Waals surface area contributed by atoms with E-state index in [1.54, 1.807) is 20.2 Å². The Kier molecular flexibility index (Phi) is 5.37. The summed E-state index contributed by atoms with van der Waals surface area (Å²) < 4.78 is 0. The Bertz CT molecular complexity index is 479. The van der Waals surface area contributed by atoms with Gasteiger partial charge in [0, 0.05) is 27.2 Å². The zero-order valence-corrected chi connectivity index (χ0v) is 11.4. The standard InChI is InChI=1S/C11H15ClN4O3/c1-16(2)11(19)14-6-5-13-8-4-3-7(12)9(15-8)10(17)18/h3-4H,5-6H2,1-2H3,(H,13,15)(H,14,19)(H,17,18). The number of aromatic nitrogens is 1. The minimum atomic E-state index is -1.19. The first-order valence-electron chi connectivity index (χ1n) is 5.50. The third-order valence-corrected chi connectivity index (χ3v) is 2.47. The van der Waals surface area contributed by atoms with Crippen molar-refractivity contribution in [2.45, 2.75) is 0 Å². The van der Waals surface area contributed by atoms with Crippen molar-refractivity contribution in [2.24, 2.45) is 0 Å². The van der Waals surface area contributed by atoms with Crippen LogP contribution in [-0.4, -0.2) is 54.2 Å². The quantitative estimate of drug-likeness (QED) is 0.705. The van der Waals surface area contributed by atoms with Crippen LogP contribution in [-0.2, 0) is 0 Å². The molecule has 0 aromatic carbocycles. The van der Waals surface area contributed by atoms with E-state index in [1.807, 2.05) is 0 Å². The van der Waals surface area contributed by atoms with Crippen molar-refractivity contribution in [1.82, 2.24) is 15.2 Å². The van der Waals surface area contributed by atoms with Gasteiger partial charge in [0.05, 0.1) is 5.02 Å². The van der Waals surface area contributed by atoms with E-state index in [0.717, 1.165) is 0 Å². The molecule has 3 N–H and O–H groups in total. The normalized spacial score (nSPS) is 9.84. The van der Waals surface area contributed by atoms with Crippen LogP contribution in [0.1, 0.15) is 10.5 Å². The largest absolute Gasteiger partial charge is 0.476 e. The van der Waals surface area contributed by atoms with Gasteiger partial charge in [0.2, 0.25) is 0 Å². The Hall–Kier alpha value is -2.02. The first-order chi connectivity index (χ1) is 8.91. The molecule has 0 aliphatic carbocycles. The van der Waals surface area contributed by atoms with Crippen molar-refractivity contribution >= 4 is 29.4 Å². The van der Waals surface area contributed by atoms with E-state index < -0.39 is 5.97 Å². The van der Waals surface area contributed by atoms with Gasteiger partial charge in [0.25, 0.3) is 0 Å². The molecule has 1 heterocycles. The van der Waals surface area contributed by atoms with Crippen LogP contribution in [0.2, 0.25) is 5.02 Å². The Morgan fingerprint density at radius 3 is 2.63 bits per heavy atom. The number of carboxylic acid groups (broad SMARTS) is 1. The van der Waals surface area contributed by atoms with Gasteiger partial charge in [-0.2, -0.15) is 0 Å². The summed E-state index contributed by atoms with van der Waals surface area (Å²) in [6.45, 7) is 0.816. The molecular weight excluding hydrogens is 272 g/mol. The second-order valence-electron chi connectivity index (χ2n) is 3.89. The zero-order valence-electron chi connectivity index (χ0n) is 10.6. The van der Waals surface area contributed by atoms with E-state index in [-0.39, 0.29) is 16.7 Å². The average molecular weight is 287 g/mol. The van der Waals surface area contributed by atoms with Crippen molar-refractivity contribution in [2.75, 3.05) is 32.5 Å². The Morgan fingerprint density at radius 1 is 1.37 bits per heavy atom. The molecule has 19 heavy (non-hydrogen) atoms. The van der Waals surface area contributed by atoms with Crippen LogP contribution in [0.5, 0.6) is 0 Å². The smallest absolute Gasteiger partial charge is 0.356 e. The third-order valence-electron chi connectivity index (χ3n) is 2.16. The number of hydrogen-bond acceptors (Lipinski definition) is 4. The van der Waals surface area contributed by atoms with Gasteiger partial charge < -0.3 is 20.6 Å². The van der Waals surface area contributed by atoms with Crippen molar-refractivity contribution in [3.8, 4) is 0 Å². The van der Waals surface area contributed by atoms with Crippen LogP contribution in [0.4, 0.5) is 10.6 Å². The van der Waals surface area contributed by atoms with Gasteiger partial charge in [0.15, 0.2) is 5.69 Å². The van der Waals surface area contributed by atoms with Gasteiger partial charge in [-0.05, 0) is 12.1 Å². The van der Waals surface area contributed by atoms with Gasteiger partial charge in [-0.25, -0.2) is 14.6 Å². The van der Waals surface area contributed by atoms with Crippen molar-refractivity contribution in [3.05, 3.63) is 22.8 Å². The van der Waals surface area contributed by atoms with E-state index in [2.05, 4.69) is 15.6 Å². The highest BCUT2D eigenvalue weighted by Crippen LogP contribution is 2.16. The molecule has 0 bridgehead atoms. The number of anilines is 1. The lowest BCUT2D eigenvalue weighted by atomic mass is 10.3. The molecule has 0 saturated heterocycles. The number of carbonyl (C=O) groups is 2. The highest BCUT2D eigenvalue weighted by Gasteiger charge is 2.11. The van der Waals surface area contributed by atoms with Gasteiger partial charge >= 0.3 is 12.0 Å². The molecule has 104 valence electrons. The molecule has 0 saturated carbocycles. The number of pyridine rings is 1. The number of urea groups is 1. The maximum atomic E-state index is 11.2. The maximum Gasteiger partial charge on any atom is 0.356 e. The lowest BCUT2D eigenvalue weighted by Crippen LogP contribution is -2.37. The van der Waals surface area contributed by atoms with E-state index in [1.165, 1.54) is 11.0 Å². The highest BCUT2D eigenvalue weighted by molar-refractivity contribution is 6.33. The van der Waals surface area contributed by atoms with Crippen molar-refractivity contribution < 1.29 is 14.7 Å². The van der Waals surface area contributed by atoms with Crippen LogP contribution in [0.3, 0.4) is 0 Å². The van der Waals surface area contributed by atoms with Crippen molar-refractivity contribution in [3.63, 3.8) is 0 Å². The van der Waals surface area contributed by atoms with Gasteiger partial charge in [0.1, 0.15) is 5.82 Å². The van der Waals surface area contributed by atoms with E-state index in [4.69, 9.17) is 16.7 Å². The maximum absolute atomic E-state index is 11.2. The summed E-state index contributed by atoms with van der Waals surface area (Å²) in [5, 5.41) is 14.5. The molecule has 1 rings (SSSR count).